The Bertz CT molecular complexity index is 763. The number of hydrogen-bond donors (Lipinski definition) is 2. The summed E-state index contributed by atoms with van der Waals surface area (Å²) in [4.78, 5) is 29.1. The maximum absolute atomic E-state index is 12.6. The first-order chi connectivity index (χ1) is 14.0. The van der Waals surface area contributed by atoms with Crippen molar-refractivity contribution in [3.8, 4) is 5.88 Å². The van der Waals surface area contributed by atoms with E-state index in [0.29, 0.717) is 25.6 Å². The molecule has 0 spiro atoms. The van der Waals surface area contributed by atoms with Crippen LogP contribution in [0.3, 0.4) is 0 Å². The number of rotatable bonds is 11. The average Bonchev–Trinajstić information content (AvgIpc) is 2.72. The highest BCUT2D eigenvalue weighted by atomic mass is 16.5. The van der Waals surface area contributed by atoms with E-state index in [4.69, 9.17) is 9.47 Å². The fraction of sp³-hybridized carbons (Fsp3) is 0.409. The molecule has 1 atom stereocenters. The number of nitrogens with zero attached hydrogens (tertiary/aromatic N) is 1. The van der Waals surface area contributed by atoms with E-state index in [1.165, 1.54) is 0 Å². The number of ether oxygens (including phenoxy) is 2. The molecular formula is C22H29N3O4. The molecule has 2 amide bonds. The van der Waals surface area contributed by atoms with Crippen LogP contribution in [0.15, 0.2) is 48.7 Å². The van der Waals surface area contributed by atoms with E-state index in [0.717, 1.165) is 11.1 Å². The van der Waals surface area contributed by atoms with Crippen molar-refractivity contribution in [1.82, 2.24) is 15.6 Å². The average molecular weight is 399 g/mol. The molecule has 0 bridgehead atoms. The predicted molar refractivity (Wildman–Crippen MR) is 110 cm³/mol. The third kappa shape index (κ3) is 7.91. The molecule has 0 aliphatic rings. The second kappa shape index (κ2) is 11.8. The molecular weight excluding hydrogens is 370 g/mol. The third-order valence-corrected chi connectivity index (χ3v) is 4.27. The van der Waals surface area contributed by atoms with Gasteiger partial charge in [-0.2, -0.15) is 0 Å². The third-order valence-electron chi connectivity index (χ3n) is 4.27. The van der Waals surface area contributed by atoms with E-state index >= 15 is 0 Å². The second-order valence-electron chi connectivity index (χ2n) is 7.02. The van der Waals surface area contributed by atoms with Crippen molar-refractivity contribution in [3.05, 3.63) is 59.8 Å². The minimum Gasteiger partial charge on any atom is -0.475 e. The number of hydrogen-bond acceptors (Lipinski definition) is 5. The summed E-state index contributed by atoms with van der Waals surface area (Å²) in [6.45, 7) is 5.05. The zero-order valence-electron chi connectivity index (χ0n) is 17.2. The Balaban J connectivity index is 1.85. The van der Waals surface area contributed by atoms with E-state index in [2.05, 4.69) is 15.6 Å². The van der Waals surface area contributed by atoms with E-state index in [-0.39, 0.29) is 24.2 Å². The van der Waals surface area contributed by atoms with Gasteiger partial charge in [0.25, 0.3) is 0 Å². The van der Waals surface area contributed by atoms with Gasteiger partial charge in [-0.05, 0) is 17.0 Å². The Morgan fingerprint density at radius 2 is 1.79 bits per heavy atom. The SMILES string of the molecule is COCCOc1ccc(CNC(=O)C(NC(=O)Cc2ccccc2)C(C)C)cn1. The summed E-state index contributed by atoms with van der Waals surface area (Å²) in [5.74, 6) is 0.0703. The van der Waals surface area contributed by atoms with Crippen molar-refractivity contribution in [1.29, 1.82) is 0 Å². The van der Waals surface area contributed by atoms with E-state index in [9.17, 15) is 9.59 Å². The van der Waals surface area contributed by atoms with Gasteiger partial charge in [0.1, 0.15) is 12.6 Å². The van der Waals surface area contributed by atoms with E-state index in [1.54, 1.807) is 19.4 Å². The Morgan fingerprint density at radius 3 is 2.41 bits per heavy atom. The number of carbonyl (C=O) groups excluding carboxylic acids is 2. The van der Waals surface area contributed by atoms with Gasteiger partial charge in [0.05, 0.1) is 13.0 Å². The van der Waals surface area contributed by atoms with Gasteiger partial charge in [0.15, 0.2) is 0 Å². The smallest absolute Gasteiger partial charge is 0.243 e. The lowest BCUT2D eigenvalue weighted by molar-refractivity contribution is -0.129. The Labute approximate surface area is 171 Å². The molecule has 0 saturated carbocycles. The summed E-state index contributed by atoms with van der Waals surface area (Å²) in [6, 6.07) is 12.4. The van der Waals surface area contributed by atoms with Gasteiger partial charge in [0.2, 0.25) is 17.7 Å². The van der Waals surface area contributed by atoms with Crippen LogP contribution >= 0.6 is 0 Å². The Morgan fingerprint density at radius 1 is 1.03 bits per heavy atom. The quantitative estimate of drug-likeness (QED) is 0.565. The van der Waals surface area contributed by atoms with Crippen molar-refractivity contribution < 1.29 is 19.1 Å². The van der Waals surface area contributed by atoms with Gasteiger partial charge < -0.3 is 20.1 Å². The van der Waals surface area contributed by atoms with Crippen LogP contribution in [0.2, 0.25) is 0 Å². The second-order valence-corrected chi connectivity index (χ2v) is 7.02. The van der Waals surface area contributed by atoms with Gasteiger partial charge in [0, 0.05) is 25.9 Å². The fourth-order valence-corrected chi connectivity index (χ4v) is 2.67. The summed E-state index contributed by atoms with van der Waals surface area (Å²) in [7, 11) is 1.61. The first-order valence-corrected chi connectivity index (χ1v) is 9.67. The Hall–Kier alpha value is -2.93. The Kier molecular flexibility index (Phi) is 9.11. The van der Waals surface area contributed by atoms with Gasteiger partial charge in [-0.1, -0.05) is 50.2 Å². The molecule has 0 aliphatic heterocycles. The standard InChI is InChI=1S/C22H29N3O4/c1-16(2)21(25-19(26)13-17-7-5-4-6-8-17)22(27)24-15-18-9-10-20(23-14-18)29-12-11-28-3/h4-10,14,16,21H,11-13,15H2,1-3H3,(H,24,27)(H,25,26). The van der Waals surface area contributed by atoms with Gasteiger partial charge >= 0.3 is 0 Å². The van der Waals surface area contributed by atoms with Crippen molar-refractivity contribution in [2.75, 3.05) is 20.3 Å². The van der Waals surface area contributed by atoms with Crippen molar-refractivity contribution in [2.24, 2.45) is 5.92 Å². The summed E-state index contributed by atoms with van der Waals surface area (Å²) >= 11 is 0. The highest BCUT2D eigenvalue weighted by Crippen LogP contribution is 2.09. The van der Waals surface area contributed by atoms with E-state index in [1.807, 2.05) is 50.2 Å². The van der Waals surface area contributed by atoms with Gasteiger partial charge in [-0.25, -0.2) is 4.98 Å². The summed E-state index contributed by atoms with van der Waals surface area (Å²) in [5, 5.41) is 5.71. The summed E-state index contributed by atoms with van der Waals surface area (Å²) < 4.78 is 10.3. The maximum atomic E-state index is 12.6. The van der Waals surface area contributed by atoms with Crippen LogP contribution in [-0.2, 0) is 27.3 Å². The lowest BCUT2D eigenvalue weighted by atomic mass is 10.0. The minimum atomic E-state index is -0.601. The van der Waals surface area contributed by atoms with E-state index < -0.39 is 6.04 Å². The molecule has 29 heavy (non-hydrogen) atoms. The lowest BCUT2D eigenvalue weighted by Gasteiger charge is -2.22. The summed E-state index contributed by atoms with van der Waals surface area (Å²) in [5.41, 5.74) is 1.75. The van der Waals surface area contributed by atoms with Crippen molar-refractivity contribution >= 4 is 11.8 Å². The molecule has 1 aromatic carbocycles. The predicted octanol–water partition coefficient (Wildman–Crippen LogP) is 2.11. The molecule has 2 rings (SSSR count). The molecule has 7 heteroatoms. The number of benzene rings is 1. The largest absolute Gasteiger partial charge is 0.475 e. The molecule has 2 aromatic rings. The van der Waals surface area contributed by atoms with Crippen molar-refractivity contribution in [2.45, 2.75) is 32.9 Å². The fourth-order valence-electron chi connectivity index (χ4n) is 2.67. The molecule has 0 aliphatic carbocycles. The number of amides is 2. The van der Waals surface area contributed by atoms with Crippen LogP contribution in [0.1, 0.15) is 25.0 Å². The monoisotopic (exact) mass is 399 g/mol. The van der Waals surface area contributed by atoms with Crippen LogP contribution in [-0.4, -0.2) is 43.2 Å². The van der Waals surface area contributed by atoms with Gasteiger partial charge in [-0.15, -0.1) is 0 Å². The molecule has 1 unspecified atom stereocenters. The first-order valence-electron chi connectivity index (χ1n) is 9.67. The number of nitrogens with one attached hydrogen (secondary N) is 2. The zero-order chi connectivity index (χ0) is 21.1. The number of aromatic nitrogens is 1. The van der Waals surface area contributed by atoms with Crippen LogP contribution in [0.5, 0.6) is 5.88 Å². The highest BCUT2D eigenvalue weighted by Gasteiger charge is 2.24. The molecule has 0 saturated heterocycles. The lowest BCUT2D eigenvalue weighted by Crippen LogP contribution is -2.49. The topological polar surface area (TPSA) is 89.5 Å². The highest BCUT2D eigenvalue weighted by molar-refractivity contribution is 5.88. The molecule has 0 radical (unpaired) electrons. The normalized spacial score (nSPS) is 11.7. The van der Waals surface area contributed by atoms with Crippen LogP contribution in [0.25, 0.3) is 0 Å². The molecule has 7 nitrogen and oxygen atoms in total. The van der Waals surface area contributed by atoms with Crippen LogP contribution < -0.4 is 15.4 Å². The number of carbonyl (C=O) groups is 2. The van der Waals surface area contributed by atoms with Crippen LogP contribution in [0, 0.1) is 5.92 Å². The first kappa shape index (κ1) is 22.4. The maximum Gasteiger partial charge on any atom is 0.243 e. The zero-order valence-corrected chi connectivity index (χ0v) is 17.2. The molecule has 1 aromatic heterocycles. The summed E-state index contributed by atoms with van der Waals surface area (Å²) in [6.07, 6.45) is 1.90. The van der Waals surface area contributed by atoms with Gasteiger partial charge in [-0.3, -0.25) is 9.59 Å². The number of methoxy groups -OCH3 is 1. The molecule has 0 fully saturated rings. The number of pyridine rings is 1. The van der Waals surface area contributed by atoms with Crippen LogP contribution in [0.4, 0.5) is 0 Å². The molecule has 2 N–H and O–H groups in total. The van der Waals surface area contributed by atoms with Crippen molar-refractivity contribution in [3.63, 3.8) is 0 Å². The molecule has 1 heterocycles. The minimum absolute atomic E-state index is 0.0376. The molecule has 156 valence electrons.